The number of imidazole rings is 1. The lowest BCUT2D eigenvalue weighted by atomic mass is 10.1. The van der Waals surface area contributed by atoms with Gasteiger partial charge in [0.05, 0.1) is 19.6 Å². The van der Waals surface area contributed by atoms with Crippen molar-refractivity contribution in [2.75, 3.05) is 42.5 Å². The highest BCUT2D eigenvalue weighted by atomic mass is 16.2. The molecule has 53 heavy (non-hydrogen) atoms. The molecule has 0 N–H and O–H groups in total. The molecule has 0 spiro atoms. The molecular formula is C44H53N6O3+. The van der Waals surface area contributed by atoms with E-state index in [0.29, 0.717) is 31.3 Å². The standard InChI is InChI=1S/C44H53N6O3/c1-36(2)30-48(31-37(3)4)42(51)32-47-29-28-45(35-47)26-17-27-46(33-43(52)49(38-18-9-5-10-19-38)39-20-11-6-12-21-39)34-44(53)50(40-22-13-7-14-23-40)41-24-15-8-16-25-41/h5-16,18-25,28-29,35-37H,17,26-27,30-34H2,1-4H3/q+1. The molecule has 0 saturated carbocycles. The van der Waals surface area contributed by atoms with E-state index in [1.807, 2.05) is 154 Å². The van der Waals surface area contributed by atoms with E-state index in [1.54, 1.807) is 9.80 Å². The molecule has 0 radical (unpaired) electrons. The summed E-state index contributed by atoms with van der Waals surface area (Å²) in [7, 11) is 0. The van der Waals surface area contributed by atoms with Crippen molar-refractivity contribution < 1.29 is 19.0 Å². The topological polar surface area (TPSA) is 73.0 Å². The largest absolute Gasteiger partial charge is 0.339 e. The Balaban J connectivity index is 1.34. The van der Waals surface area contributed by atoms with E-state index >= 15 is 0 Å². The van der Waals surface area contributed by atoms with Gasteiger partial charge >= 0.3 is 0 Å². The summed E-state index contributed by atoms with van der Waals surface area (Å²) in [5, 5.41) is 0. The molecule has 1 heterocycles. The number of aryl methyl sites for hydroxylation is 1. The smallest absolute Gasteiger partial charge is 0.264 e. The molecule has 5 rings (SSSR count). The van der Waals surface area contributed by atoms with E-state index in [4.69, 9.17) is 0 Å². The van der Waals surface area contributed by atoms with Crippen LogP contribution in [-0.2, 0) is 27.5 Å². The zero-order chi connectivity index (χ0) is 37.6. The summed E-state index contributed by atoms with van der Waals surface area (Å²) < 4.78 is 3.99. The van der Waals surface area contributed by atoms with Crippen molar-refractivity contribution in [2.24, 2.45) is 11.8 Å². The first-order valence-electron chi connectivity index (χ1n) is 18.6. The Morgan fingerprint density at radius 3 is 1.36 bits per heavy atom. The van der Waals surface area contributed by atoms with Crippen molar-refractivity contribution in [3.8, 4) is 0 Å². The van der Waals surface area contributed by atoms with Crippen LogP contribution in [-0.4, -0.2) is 64.8 Å². The van der Waals surface area contributed by atoms with Crippen LogP contribution >= 0.6 is 0 Å². The fourth-order valence-corrected chi connectivity index (χ4v) is 6.48. The molecule has 0 saturated heterocycles. The predicted molar refractivity (Wildman–Crippen MR) is 212 cm³/mol. The van der Waals surface area contributed by atoms with E-state index in [9.17, 15) is 14.4 Å². The van der Waals surface area contributed by atoms with Crippen molar-refractivity contribution in [3.63, 3.8) is 0 Å². The van der Waals surface area contributed by atoms with E-state index < -0.39 is 0 Å². The first-order valence-corrected chi connectivity index (χ1v) is 18.6. The Morgan fingerprint density at radius 2 is 0.981 bits per heavy atom. The van der Waals surface area contributed by atoms with Crippen molar-refractivity contribution in [3.05, 3.63) is 140 Å². The molecule has 0 unspecified atom stereocenters. The number of hydrogen-bond donors (Lipinski definition) is 0. The average molecular weight is 714 g/mol. The fourth-order valence-electron chi connectivity index (χ4n) is 6.48. The van der Waals surface area contributed by atoms with E-state index in [-0.39, 0.29) is 37.4 Å². The van der Waals surface area contributed by atoms with Gasteiger partial charge in [-0.25, -0.2) is 9.13 Å². The van der Waals surface area contributed by atoms with Gasteiger partial charge in [0, 0.05) is 42.4 Å². The highest BCUT2D eigenvalue weighted by Crippen LogP contribution is 2.27. The van der Waals surface area contributed by atoms with Crippen LogP contribution < -0.4 is 14.4 Å². The summed E-state index contributed by atoms with van der Waals surface area (Å²) in [6.07, 6.45) is 6.55. The van der Waals surface area contributed by atoms with Crippen LogP contribution in [0.4, 0.5) is 22.7 Å². The molecule has 1 aromatic heterocycles. The first-order chi connectivity index (χ1) is 25.7. The first kappa shape index (κ1) is 38.7. The maximum atomic E-state index is 14.3. The maximum Gasteiger partial charge on any atom is 0.264 e. The lowest BCUT2D eigenvalue weighted by molar-refractivity contribution is -0.696. The van der Waals surface area contributed by atoms with Gasteiger partial charge in [0.2, 0.25) is 18.1 Å². The quantitative estimate of drug-likeness (QED) is 0.0892. The van der Waals surface area contributed by atoms with Gasteiger partial charge in [-0.05, 0) is 66.8 Å². The summed E-state index contributed by atoms with van der Waals surface area (Å²) >= 11 is 0. The Kier molecular flexibility index (Phi) is 14.1. The van der Waals surface area contributed by atoms with Crippen LogP contribution in [0.15, 0.2) is 140 Å². The lowest BCUT2D eigenvalue weighted by Gasteiger charge is -2.30. The molecule has 3 amide bonds. The van der Waals surface area contributed by atoms with Gasteiger partial charge in [0.1, 0.15) is 12.4 Å². The Hall–Kier alpha value is -5.54. The van der Waals surface area contributed by atoms with Crippen LogP contribution in [0.5, 0.6) is 0 Å². The molecule has 0 aliphatic carbocycles. The number of rotatable bonds is 18. The van der Waals surface area contributed by atoms with Gasteiger partial charge < -0.3 is 4.90 Å². The maximum absolute atomic E-state index is 14.3. The second kappa shape index (κ2) is 19.3. The van der Waals surface area contributed by atoms with Crippen LogP contribution in [0, 0.1) is 11.8 Å². The van der Waals surface area contributed by atoms with Crippen LogP contribution in [0.1, 0.15) is 34.1 Å². The second-order valence-corrected chi connectivity index (χ2v) is 14.3. The van der Waals surface area contributed by atoms with Gasteiger partial charge in [0.15, 0.2) is 6.54 Å². The zero-order valence-corrected chi connectivity index (χ0v) is 31.5. The van der Waals surface area contributed by atoms with Crippen LogP contribution in [0.2, 0.25) is 0 Å². The van der Waals surface area contributed by atoms with E-state index in [2.05, 4.69) is 32.3 Å². The van der Waals surface area contributed by atoms with Crippen molar-refractivity contribution in [2.45, 2.75) is 47.2 Å². The Labute approximate surface area is 314 Å². The Morgan fingerprint density at radius 1 is 0.585 bits per heavy atom. The minimum atomic E-state index is -0.133. The molecule has 0 aliphatic rings. The van der Waals surface area contributed by atoms with Crippen molar-refractivity contribution in [1.29, 1.82) is 0 Å². The summed E-state index contributed by atoms with van der Waals surface area (Å²) in [5.74, 6) is 0.640. The average Bonchev–Trinajstić information content (AvgIpc) is 3.59. The summed E-state index contributed by atoms with van der Waals surface area (Å²) in [6, 6.07) is 38.4. The predicted octanol–water partition coefficient (Wildman–Crippen LogP) is 7.34. The Bertz CT molecular complexity index is 1680. The summed E-state index contributed by atoms with van der Waals surface area (Å²) in [4.78, 5) is 49.2. The molecule has 0 bridgehead atoms. The SMILES string of the molecule is CC(C)CN(CC(C)C)C(=O)Cn1cc[n+](CCCN(CC(=O)N(c2ccccc2)c2ccccc2)CC(=O)N(c2ccccc2)c2ccccc2)c1. The van der Waals surface area contributed by atoms with Gasteiger partial charge in [-0.3, -0.25) is 29.1 Å². The second-order valence-electron chi connectivity index (χ2n) is 14.3. The highest BCUT2D eigenvalue weighted by molar-refractivity contribution is 6.03. The normalized spacial score (nSPS) is 11.2. The van der Waals surface area contributed by atoms with Gasteiger partial charge in [-0.2, -0.15) is 0 Å². The summed E-state index contributed by atoms with van der Waals surface area (Å²) in [5.41, 5.74) is 3.04. The number of nitrogens with zero attached hydrogens (tertiary/aromatic N) is 6. The third-order valence-corrected chi connectivity index (χ3v) is 8.75. The number of carbonyl (C=O) groups is 3. The zero-order valence-electron chi connectivity index (χ0n) is 31.5. The van der Waals surface area contributed by atoms with Crippen molar-refractivity contribution >= 4 is 40.5 Å². The van der Waals surface area contributed by atoms with Gasteiger partial charge in [-0.15, -0.1) is 0 Å². The van der Waals surface area contributed by atoms with Gasteiger partial charge in [-0.1, -0.05) is 100 Å². The number of amides is 3. The third kappa shape index (κ3) is 11.5. The molecule has 4 aromatic carbocycles. The third-order valence-electron chi connectivity index (χ3n) is 8.75. The number of para-hydroxylation sites is 4. The minimum Gasteiger partial charge on any atom is -0.339 e. The molecule has 0 fully saturated rings. The van der Waals surface area contributed by atoms with E-state index in [1.165, 1.54) is 0 Å². The number of aromatic nitrogens is 2. The number of hydrogen-bond acceptors (Lipinski definition) is 4. The molecule has 276 valence electrons. The number of anilines is 4. The lowest BCUT2D eigenvalue weighted by Crippen LogP contribution is -2.45. The van der Waals surface area contributed by atoms with Gasteiger partial charge in [0.25, 0.3) is 5.91 Å². The number of benzene rings is 4. The van der Waals surface area contributed by atoms with E-state index in [0.717, 1.165) is 35.8 Å². The molecule has 9 nitrogen and oxygen atoms in total. The molecule has 5 aromatic rings. The minimum absolute atomic E-state index is 0.0364. The highest BCUT2D eigenvalue weighted by Gasteiger charge is 2.26. The monoisotopic (exact) mass is 713 g/mol. The molecule has 0 atom stereocenters. The summed E-state index contributed by atoms with van der Waals surface area (Å²) in [6.45, 7) is 11.5. The molecule has 0 aliphatic heterocycles. The molecule has 9 heteroatoms. The number of carbonyl (C=O) groups excluding carboxylic acids is 3. The van der Waals surface area contributed by atoms with Crippen molar-refractivity contribution in [1.82, 2.24) is 14.4 Å². The van der Waals surface area contributed by atoms with Crippen LogP contribution in [0.3, 0.4) is 0 Å². The molecular weight excluding hydrogens is 661 g/mol. The van der Waals surface area contributed by atoms with Crippen LogP contribution in [0.25, 0.3) is 0 Å². The fraction of sp³-hybridized carbons (Fsp3) is 0.318.